The number of pyridine rings is 1. The Morgan fingerprint density at radius 1 is 1.18 bits per heavy atom. The molecule has 4 rings (SSSR count). The highest BCUT2D eigenvalue weighted by Gasteiger charge is 2.47. The third-order valence-corrected chi connectivity index (χ3v) is 5.97. The molecule has 1 N–H and O–H groups in total. The minimum absolute atomic E-state index is 0.0346. The van der Waals surface area contributed by atoms with Crippen LogP contribution in [-0.2, 0) is 21.5 Å². The van der Waals surface area contributed by atoms with Crippen molar-refractivity contribution in [1.29, 1.82) is 0 Å². The molecule has 3 heterocycles. The van der Waals surface area contributed by atoms with Crippen LogP contribution in [0.1, 0.15) is 55.0 Å². The van der Waals surface area contributed by atoms with Crippen LogP contribution in [0, 0.1) is 6.92 Å². The monoisotopic (exact) mass is 460 g/mol. The number of likely N-dealkylation sites (tertiary alicyclic amines) is 1. The quantitative estimate of drug-likeness (QED) is 0.330. The van der Waals surface area contributed by atoms with E-state index < -0.39 is 17.7 Å². The van der Waals surface area contributed by atoms with Crippen molar-refractivity contribution in [3.8, 4) is 5.75 Å². The largest absolute Gasteiger partial charge is 0.507 e. The van der Waals surface area contributed by atoms with Crippen molar-refractivity contribution in [2.24, 2.45) is 0 Å². The lowest BCUT2D eigenvalue weighted by Gasteiger charge is -2.24. The van der Waals surface area contributed by atoms with Crippen LogP contribution < -0.4 is 4.74 Å². The summed E-state index contributed by atoms with van der Waals surface area (Å²) in [7, 11) is 1.50. The molecule has 1 aromatic carbocycles. The van der Waals surface area contributed by atoms with Crippen LogP contribution in [0.15, 0.2) is 64.8 Å². The van der Waals surface area contributed by atoms with Gasteiger partial charge in [-0.1, -0.05) is 32.9 Å². The number of ketones is 1. The van der Waals surface area contributed by atoms with Crippen molar-refractivity contribution in [2.75, 3.05) is 7.11 Å². The van der Waals surface area contributed by atoms with E-state index in [1.165, 1.54) is 12.0 Å². The number of carbonyl (C=O) groups is 2. The van der Waals surface area contributed by atoms with Crippen LogP contribution in [0.2, 0.25) is 0 Å². The highest BCUT2D eigenvalue weighted by atomic mass is 16.5. The highest BCUT2D eigenvalue weighted by molar-refractivity contribution is 6.46. The first-order chi connectivity index (χ1) is 16.1. The fourth-order valence-corrected chi connectivity index (χ4v) is 4.13. The van der Waals surface area contributed by atoms with Crippen molar-refractivity contribution in [3.63, 3.8) is 0 Å². The Morgan fingerprint density at radius 3 is 2.53 bits per heavy atom. The van der Waals surface area contributed by atoms with Gasteiger partial charge in [0.15, 0.2) is 0 Å². The van der Waals surface area contributed by atoms with Crippen molar-refractivity contribution in [3.05, 3.63) is 88.6 Å². The van der Waals surface area contributed by atoms with Crippen LogP contribution in [-0.4, -0.2) is 33.8 Å². The van der Waals surface area contributed by atoms with Crippen LogP contribution in [0.3, 0.4) is 0 Å². The van der Waals surface area contributed by atoms with Gasteiger partial charge in [0.2, 0.25) is 0 Å². The lowest BCUT2D eigenvalue weighted by atomic mass is 9.85. The van der Waals surface area contributed by atoms with E-state index in [1.807, 2.05) is 12.1 Å². The predicted molar refractivity (Wildman–Crippen MR) is 127 cm³/mol. The number of carbonyl (C=O) groups excluding carboxylic acids is 2. The molecule has 1 atom stereocenters. The number of amides is 1. The molecule has 176 valence electrons. The number of furan rings is 1. The molecule has 0 radical (unpaired) electrons. The van der Waals surface area contributed by atoms with E-state index in [0.29, 0.717) is 22.8 Å². The van der Waals surface area contributed by atoms with Gasteiger partial charge in [-0.15, -0.1) is 0 Å². The average Bonchev–Trinajstić information content (AvgIpc) is 3.34. The van der Waals surface area contributed by atoms with Gasteiger partial charge in [0, 0.05) is 18.9 Å². The van der Waals surface area contributed by atoms with Crippen LogP contribution in [0.4, 0.5) is 0 Å². The van der Waals surface area contributed by atoms with E-state index in [1.54, 1.807) is 49.6 Å². The summed E-state index contributed by atoms with van der Waals surface area (Å²) in [6.45, 7) is 8.08. The summed E-state index contributed by atoms with van der Waals surface area (Å²) in [5.41, 5.74) is 1.82. The highest BCUT2D eigenvalue weighted by Crippen LogP contribution is 2.42. The zero-order chi connectivity index (χ0) is 24.6. The number of aliphatic hydroxyl groups is 1. The smallest absolute Gasteiger partial charge is 0.296 e. The number of rotatable bonds is 5. The second-order valence-corrected chi connectivity index (χ2v) is 9.40. The summed E-state index contributed by atoms with van der Waals surface area (Å²) in [5, 5.41) is 11.5. The first-order valence-corrected chi connectivity index (χ1v) is 11.0. The van der Waals surface area contributed by atoms with Gasteiger partial charge in [0.1, 0.15) is 29.1 Å². The topological polar surface area (TPSA) is 92.9 Å². The van der Waals surface area contributed by atoms with E-state index in [-0.39, 0.29) is 23.3 Å². The van der Waals surface area contributed by atoms with E-state index in [9.17, 15) is 14.7 Å². The predicted octanol–water partition coefficient (Wildman–Crippen LogP) is 4.91. The van der Waals surface area contributed by atoms with E-state index in [4.69, 9.17) is 9.15 Å². The molecule has 1 aliphatic heterocycles. The van der Waals surface area contributed by atoms with Crippen LogP contribution >= 0.6 is 0 Å². The van der Waals surface area contributed by atoms with E-state index >= 15 is 0 Å². The lowest BCUT2D eigenvalue weighted by molar-refractivity contribution is -0.140. The van der Waals surface area contributed by atoms with Gasteiger partial charge in [-0.25, -0.2) is 0 Å². The number of methoxy groups -OCH3 is 1. The van der Waals surface area contributed by atoms with Gasteiger partial charge in [-0.3, -0.25) is 14.6 Å². The molecule has 0 bridgehead atoms. The minimum Gasteiger partial charge on any atom is -0.507 e. The zero-order valence-corrected chi connectivity index (χ0v) is 20.0. The fourth-order valence-electron chi connectivity index (χ4n) is 4.13. The lowest BCUT2D eigenvalue weighted by Crippen LogP contribution is -2.29. The number of aryl methyl sites for hydroxylation is 1. The van der Waals surface area contributed by atoms with Crippen LogP contribution in [0.25, 0.3) is 5.76 Å². The molecule has 0 saturated carbocycles. The second-order valence-electron chi connectivity index (χ2n) is 9.40. The molecule has 2 aromatic heterocycles. The standard InChI is InChI=1S/C27H28N2O5/c1-16-8-10-21(34-16)23-22(25(31)26(32)29(23)15-17-7-6-12-28-14-17)24(30)19-13-18(27(2,3)4)9-11-20(19)33-5/h6-14,23,30H,15H2,1-5H3/b24-22+. The van der Waals surface area contributed by atoms with Crippen molar-refractivity contribution in [2.45, 2.75) is 45.7 Å². The van der Waals surface area contributed by atoms with Gasteiger partial charge in [-0.05, 0) is 53.8 Å². The molecule has 1 fully saturated rings. The number of nitrogens with zero attached hydrogens (tertiary/aromatic N) is 2. The first kappa shape index (κ1) is 23.3. The summed E-state index contributed by atoms with van der Waals surface area (Å²) in [6.07, 6.45) is 3.28. The summed E-state index contributed by atoms with van der Waals surface area (Å²) in [6, 6.07) is 11.7. The minimum atomic E-state index is -0.892. The maximum absolute atomic E-state index is 13.3. The molecule has 7 nitrogen and oxygen atoms in total. The van der Waals surface area contributed by atoms with Gasteiger partial charge in [-0.2, -0.15) is 0 Å². The molecule has 1 amide bonds. The molecule has 0 spiro atoms. The van der Waals surface area contributed by atoms with Gasteiger partial charge in [0.05, 0.1) is 18.2 Å². The summed E-state index contributed by atoms with van der Waals surface area (Å²) in [4.78, 5) is 32.0. The van der Waals surface area contributed by atoms with Crippen molar-refractivity contribution in [1.82, 2.24) is 9.88 Å². The van der Waals surface area contributed by atoms with Gasteiger partial charge >= 0.3 is 0 Å². The number of hydrogen-bond acceptors (Lipinski definition) is 6. The number of aromatic nitrogens is 1. The Morgan fingerprint density at radius 2 is 1.94 bits per heavy atom. The van der Waals surface area contributed by atoms with Crippen LogP contribution in [0.5, 0.6) is 5.75 Å². The SMILES string of the molecule is COc1ccc(C(C)(C)C)cc1/C(O)=C1\C(=O)C(=O)N(Cc2cccnc2)C1c1ccc(C)o1. The van der Waals surface area contributed by atoms with Gasteiger partial charge in [0.25, 0.3) is 11.7 Å². The Bertz CT molecular complexity index is 1270. The van der Waals surface area contributed by atoms with E-state index in [0.717, 1.165) is 11.1 Å². The molecule has 1 saturated heterocycles. The molecule has 34 heavy (non-hydrogen) atoms. The first-order valence-electron chi connectivity index (χ1n) is 11.0. The Kier molecular flexibility index (Phi) is 6.04. The second kappa shape index (κ2) is 8.82. The fraction of sp³-hybridized carbons (Fsp3) is 0.296. The maximum Gasteiger partial charge on any atom is 0.296 e. The van der Waals surface area contributed by atoms with Crippen molar-refractivity contribution < 1.29 is 23.8 Å². The Labute approximate surface area is 198 Å². The number of Topliss-reactive ketones (excluding diaryl/α,β-unsaturated/α-hetero) is 1. The molecule has 1 aliphatic rings. The number of benzene rings is 1. The number of aliphatic hydroxyl groups excluding tert-OH is 1. The molecule has 7 heteroatoms. The maximum atomic E-state index is 13.3. The third kappa shape index (κ3) is 4.21. The molecular weight excluding hydrogens is 432 g/mol. The van der Waals surface area contributed by atoms with E-state index in [2.05, 4.69) is 25.8 Å². The normalized spacial score (nSPS) is 17.9. The zero-order valence-electron chi connectivity index (χ0n) is 20.0. The van der Waals surface area contributed by atoms with Gasteiger partial charge < -0.3 is 19.2 Å². The molecule has 3 aromatic rings. The molecule has 0 aliphatic carbocycles. The third-order valence-electron chi connectivity index (χ3n) is 5.97. The number of ether oxygens (including phenoxy) is 1. The molecule has 1 unspecified atom stereocenters. The summed E-state index contributed by atoms with van der Waals surface area (Å²) in [5.74, 6) is -0.353. The Hall–Kier alpha value is -3.87. The number of hydrogen-bond donors (Lipinski definition) is 1. The van der Waals surface area contributed by atoms with Crippen molar-refractivity contribution >= 4 is 17.4 Å². The summed E-state index contributed by atoms with van der Waals surface area (Å²) >= 11 is 0. The summed E-state index contributed by atoms with van der Waals surface area (Å²) < 4.78 is 11.3. The average molecular weight is 461 g/mol. The molecular formula is C27H28N2O5. The Balaban J connectivity index is 1.91.